The molecule has 9 N–H and O–H groups in total. The highest BCUT2D eigenvalue weighted by molar-refractivity contribution is 4.95. The van der Waals surface area contributed by atoms with Gasteiger partial charge < -0.3 is 60.4 Å². The van der Waals surface area contributed by atoms with Gasteiger partial charge in [-0.05, 0) is 13.0 Å². The van der Waals surface area contributed by atoms with E-state index in [-0.39, 0.29) is 6.61 Å². The third kappa shape index (κ3) is 5.12. The first-order valence-electron chi connectivity index (χ1n) is 8.75. The summed E-state index contributed by atoms with van der Waals surface area (Å²) < 4.78 is 21.3. The first kappa shape index (κ1) is 22.8. The van der Waals surface area contributed by atoms with E-state index < -0.39 is 74.6 Å². The number of hydrogen-bond donors (Lipinski definition) is 8. The summed E-state index contributed by atoms with van der Waals surface area (Å²) in [4.78, 5) is 0. The van der Waals surface area contributed by atoms with E-state index in [2.05, 4.69) is 0 Å². The Labute approximate surface area is 155 Å². The minimum Gasteiger partial charge on any atom is -0.394 e. The van der Waals surface area contributed by atoms with Gasteiger partial charge in [0, 0.05) is 0 Å². The van der Waals surface area contributed by atoms with Crippen LogP contribution in [0.5, 0.6) is 0 Å². The Bertz CT molecular complexity index is 444. The van der Waals surface area contributed by atoms with Gasteiger partial charge in [0.2, 0.25) is 0 Å². The van der Waals surface area contributed by atoms with Crippen molar-refractivity contribution in [2.24, 2.45) is 5.73 Å². The number of ether oxygens (including phenoxy) is 4. The van der Waals surface area contributed by atoms with E-state index >= 15 is 0 Å². The van der Waals surface area contributed by atoms with Crippen LogP contribution in [0.4, 0.5) is 0 Å². The molecular weight excluding hydrogens is 370 g/mol. The molecule has 2 heterocycles. The van der Waals surface area contributed by atoms with Crippen LogP contribution in [0.2, 0.25) is 0 Å². The van der Waals surface area contributed by atoms with Gasteiger partial charge >= 0.3 is 0 Å². The second-order valence-electron chi connectivity index (χ2n) is 6.52. The van der Waals surface area contributed by atoms with E-state index in [0.29, 0.717) is 13.0 Å². The molecular formula is C15H29NO11. The third-order valence-corrected chi connectivity index (χ3v) is 4.57. The van der Waals surface area contributed by atoms with Gasteiger partial charge in [-0.3, -0.25) is 0 Å². The van der Waals surface area contributed by atoms with Crippen molar-refractivity contribution < 1.29 is 54.7 Å². The Morgan fingerprint density at radius 3 is 2.22 bits per heavy atom. The van der Waals surface area contributed by atoms with Crippen LogP contribution in [0.3, 0.4) is 0 Å². The van der Waals surface area contributed by atoms with Crippen LogP contribution >= 0.6 is 0 Å². The second-order valence-corrected chi connectivity index (χ2v) is 6.52. The van der Waals surface area contributed by atoms with Gasteiger partial charge in [-0.25, -0.2) is 0 Å². The second kappa shape index (κ2) is 10.3. The van der Waals surface area contributed by atoms with Gasteiger partial charge in [0.15, 0.2) is 12.6 Å². The summed E-state index contributed by atoms with van der Waals surface area (Å²) in [5.74, 6) is 0. The molecule has 0 aromatic carbocycles. The smallest absolute Gasteiger partial charge is 0.187 e. The van der Waals surface area contributed by atoms with Crippen LogP contribution in [0, 0.1) is 0 Å². The zero-order chi connectivity index (χ0) is 20.1. The summed E-state index contributed by atoms with van der Waals surface area (Å²) in [5, 5.41) is 68.7. The highest BCUT2D eigenvalue weighted by atomic mass is 16.7. The maximum Gasteiger partial charge on any atom is 0.187 e. The van der Waals surface area contributed by atoms with Crippen molar-refractivity contribution in [2.75, 3.05) is 26.4 Å². The lowest BCUT2D eigenvalue weighted by molar-refractivity contribution is -0.331. The molecule has 0 aromatic heterocycles. The highest BCUT2D eigenvalue weighted by Gasteiger charge is 2.52. The predicted molar refractivity (Wildman–Crippen MR) is 86.0 cm³/mol. The van der Waals surface area contributed by atoms with E-state index in [0.717, 1.165) is 0 Å². The minimum absolute atomic E-state index is 0.158. The molecule has 0 radical (unpaired) electrons. The Morgan fingerprint density at radius 1 is 0.926 bits per heavy atom. The van der Waals surface area contributed by atoms with Crippen LogP contribution in [0.1, 0.15) is 6.42 Å². The molecule has 0 saturated carbocycles. The van der Waals surface area contributed by atoms with Crippen molar-refractivity contribution in [1.82, 2.24) is 0 Å². The van der Waals surface area contributed by atoms with E-state index in [1.807, 2.05) is 0 Å². The third-order valence-electron chi connectivity index (χ3n) is 4.57. The van der Waals surface area contributed by atoms with Crippen molar-refractivity contribution in [2.45, 2.75) is 67.8 Å². The van der Waals surface area contributed by atoms with Crippen LogP contribution in [0.15, 0.2) is 0 Å². The van der Waals surface area contributed by atoms with E-state index in [1.165, 1.54) is 0 Å². The van der Waals surface area contributed by atoms with Gasteiger partial charge in [0.05, 0.1) is 19.8 Å². The zero-order valence-corrected chi connectivity index (χ0v) is 14.6. The molecule has 0 amide bonds. The summed E-state index contributed by atoms with van der Waals surface area (Å²) >= 11 is 0. The molecule has 12 nitrogen and oxygen atoms in total. The lowest BCUT2D eigenvalue weighted by Gasteiger charge is -2.42. The molecule has 0 aromatic rings. The average molecular weight is 399 g/mol. The standard InChI is InChI=1S/C15H29NO11/c16-2-1-3-24-14-11(23)13(8(20)7(5-18)25-14)27-15-10(22)9(21)12(26-15)6(19)4-17/h6-15,17-23H,1-5,16H2/t6-,7-,8-,9-,10-,11+,12+,13+,14-,15+/m1/s1. The normalized spacial score (nSPS) is 43.8. The fourth-order valence-corrected chi connectivity index (χ4v) is 3.00. The highest BCUT2D eigenvalue weighted by Crippen LogP contribution is 2.30. The summed E-state index contributed by atoms with van der Waals surface area (Å²) in [6.45, 7) is -0.797. The van der Waals surface area contributed by atoms with Crippen molar-refractivity contribution in [3.05, 3.63) is 0 Å². The Kier molecular flexibility index (Phi) is 8.73. The van der Waals surface area contributed by atoms with Crippen molar-refractivity contribution in [1.29, 1.82) is 0 Å². The molecule has 2 aliphatic rings. The largest absolute Gasteiger partial charge is 0.394 e. The molecule has 0 unspecified atom stereocenters. The Morgan fingerprint density at radius 2 is 1.63 bits per heavy atom. The maximum atomic E-state index is 10.4. The quantitative estimate of drug-likeness (QED) is 0.172. The predicted octanol–water partition coefficient (Wildman–Crippen LogP) is -5.02. The molecule has 10 atom stereocenters. The summed E-state index contributed by atoms with van der Waals surface area (Å²) in [5.41, 5.74) is 5.37. The van der Waals surface area contributed by atoms with Gasteiger partial charge in [-0.1, -0.05) is 0 Å². The lowest BCUT2D eigenvalue weighted by Crippen LogP contribution is -2.61. The number of rotatable bonds is 9. The molecule has 2 saturated heterocycles. The summed E-state index contributed by atoms with van der Waals surface area (Å²) in [7, 11) is 0. The van der Waals surface area contributed by atoms with Crippen molar-refractivity contribution in [3.63, 3.8) is 0 Å². The van der Waals surface area contributed by atoms with Gasteiger partial charge in [0.1, 0.15) is 48.8 Å². The van der Waals surface area contributed by atoms with Gasteiger partial charge in [0.25, 0.3) is 0 Å². The van der Waals surface area contributed by atoms with Crippen LogP contribution < -0.4 is 5.73 Å². The van der Waals surface area contributed by atoms with Crippen LogP contribution in [-0.4, -0.2) is 124 Å². The molecule has 2 fully saturated rings. The molecule has 160 valence electrons. The number of nitrogens with two attached hydrogens (primary N) is 1. The average Bonchev–Trinajstić information content (AvgIpc) is 2.94. The summed E-state index contributed by atoms with van der Waals surface area (Å²) in [6, 6.07) is 0. The number of aliphatic hydroxyl groups excluding tert-OH is 7. The molecule has 2 rings (SSSR count). The lowest BCUT2D eigenvalue weighted by atomic mass is 9.98. The maximum absolute atomic E-state index is 10.4. The summed E-state index contributed by atoms with van der Waals surface area (Å²) in [6.07, 6.45) is -13.7. The SMILES string of the molecule is NCCCO[C@@H]1O[C@H](CO)[C@@H](O)[C@H](O[C@@H]2O[C@@H]([C@H](O)CO)[C@H](O)[C@H]2O)[C@@H]1O. The monoisotopic (exact) mass is 399 g/mol. The van der Waals surface area contributed by atoms with E-state index in [1.54, 1.807) is 0 Å². The molecule has 0 bridgehead atoms. The topological polar surface area (TPSA) is 205 Å². The fourth-order valence-electron chi connectivity index (χ4n) is 3.00. The fraction of sp³-hybridized carbons (Fsp3) is 1.00. The molecule has 2 aliphatic heterocycles. The number of hydrogen-bond acceptors (Lipinski definition) is 12. The van der Waals surface area contributed by atoms with Gasteiger partial charge in [-0.15, -0.1) is 0 Å². The molecule has 27 heavy (non-hydrogen) atoms. The first-order valence-corrected chi connectivity index (χ1v) is 8.75. The zero-order valence-electron chi connectivity index (χ0n) is 14.6. The van der Waals surface area contributed by atoms with Crippen molar-refractivity contribution >= 4 is 0 Å². The van der Waals surface area contributed by atoms with Crippen LogP contribution in [-0.2, 0) is 18.9 Å². The Balaban J connectivity index is 2.07. The van der Waals surface area contributed by atoms with E-state index in [9.17, 15) is 30.6 Å². The van der Waals surface area contributed by atoms with Crippen molar-refractivity contribution in [3.8, 4) is 0 Å². The Hall–Kier alpha value is -0.480. The molecule has 0 aliphatic carbocycles. The van der Waals surface area contributed by atoms with E-state index in [4.69, 9.17) is 29.8 Å². The number of aliphatic hydroxyl groups is 7. The minimum atomic E-state index is -1.61. The van der Waals surface area contributed by atoms with Gasteiger partial charge in [-0.2, -0.15) is 0 Å². The first-order chi connectivity index (χ1) is 12.8. The molecule has 12 heteroatoms. The van der Waals surface area contributed by atoms with Crippen LogP contribution in [0.25, 0.3) is 0 Å². The molecule has 0 spiro atoms.